The van der Waals surface area contributed by atoms with Crippen LogP contribution in [-0.2, 0) is 0 Å². The van der Waals surface area contributed by atoms with Crippen LogP contribution < -0.4 is 4.90 Å². The highest BCUT2D eigenvalue weighted by molar-refractivity contribution is 5.41. The van der Waals surface area contributed by atoms with E-state index in [1.54, 1.807) is 4.68 Å². The Kier molecular flexibility index (Phi) is 5.66. The molecule has 4 rings (SSSR count). The zero-order valence-corrected chi connectivity index (χ0v) is 16.0. The summed E-state index contributed by atoms with van der Waals surface area (Å²) in [7, 11) is 0. The van der Waals surface area contributed by atoms with Crippen molar-refractivity contribution < 1.29 is 5.11 Å². The van der Waals surface area contributed by atoms with Crippen LogP contribution in [0, 0.1) is 11.8 Å². The molecule has 2 atom stereocenters. The second kappa shape index (κ2) is 8.33. The van der Waals surface area contributed by atoms with E-state index in [4.69, 9.17) is 0 Å². The molecule has 1 N–H and O–H groups in total. The number of aromatic nitrogens is 4. The molecule has 0 spiro atoms. The van der Waals surface area contributed by atoms with Crippen molar-refractivity contribution >= 4 is 5.95 Å². The van der Waals surface area contributed by atoms with Crippen molar-refractivity contribution in [2.45, 2.75) is 6.92 Å². The van der Waals surface area contributed by atoms with E-state index < -0.39 is 0 Å². The topological polar surface area (TPSA) is 73.5 Å². The Morgan fingerprint density at radius 2 is 1.70 bits per heavy atom. The number of nitrogens with zero attached hydrogens (tertiary/aromatic N) is 7. The van der Waals surface area contributed by atoms with Crippen LogP contribution in [0.3, 0.4) is 0 Å². The maximum absolute atomic E-state index is 9.94. The van der Waals surface area contributed by atoms with E-state index in [0.29, 0.717) is 5.92 Å². The highest BCUT2D eigenvalue weighted by atomic mass is 16.3. The van der Waals surface area contributed by atoms with E-state index in [2.05, 4.69) is 37.1 Å². The largest absolute Gasteiger partial charge is 0.396 e. The smallest absolute Gasteiger partial charge is 0.250 e. The highest BCUT2D eigenvalue weighted by Crippen LogP contribution is 2.28. The molecule has 0 unspecified atom stereocenters. The van der Waals surface area contributed by atoms with Gasteiger partial charge in [0, 0.05) is 58.3 Å². The number of piperazine rings is 1. The minimum Gasteiger partial charge on any atom is -0.396 e. The molecule has 0 aliphatic carbocycles. The number of anilines is 1. The quantitative estimate of drug-likeness (QED) is 0.785. The second-order valence-corrected chi connectivity index (χ2v) is 7.57. The number of aliphatic hydroxyl groups is 1. The normalized spacial score (nSPS) is 24.6. The van der Waals surface area contributed by atoms with Crippen LogP contribution in [0.1, 0.15) is 6.92 Å². The van der Waals surface area contributed by atoms with Crippen LogP contribution in [0.4, 0.5) is 5.95 Å². The molecule has 8 heteroatoms. The molecule has 0 bridgehead atoms. The highest BCUT2D eigenvalue weighted by Gasteiger charge is 2.36. The van der Waals surface area contributed by atoms with Gasteiger partial charge in [-0.05, 0) is 35.0 Å². The van der Waals surface area contributed by atoms with Crippen LogP contribution in [0.25, 0.3) is 5.69 Å². The number of aliphatic hydroxyl groups excluding tert-OH is 1. The van der Waals surface area contributed by atoms with Crippen molar-refractivity contribution in [2.75, 3.05) is 63.9 Å². The summed E-state index contributed by atoms with van der Waals surface area (Å²) in [6, 6.07) is 9.97. The Labute approximate surface area is 160 Å². The fraction of sp³-hybridized carbons (Fsp3) is 0.632. The van der Waals surface area contributed by atoms with Crippen LogP contribution in [0.15, 0.2) is 30.3 Å². The van der Waals surface area contributed by atoms with Gasteiger partial charge in [0.15, 0.2) is 0 Å². The summed E-state index contributed by atoms with van der Waals surface area (Å²) in [6.07, 6.45) is 0. The lowest BCUT2D eigenvalue weighted by molar-refractivity contribution is 0.106. The van der Waals surface area contributed by atoms with Gasteiger partial charge in [-0.2, -0.15) is 4.68 Å². The molecule has 1 aromatic heterocycles. The molecule has 1 aromatic carbocycles. The molecular formula is C19H29N7O. The summed E-state index contributed by atoms with van der Waals surface area (Å²) in [5.41, 5.74) is 0.956. The van der Waals surface area contributed by atoms with Crippen molar-refractivity contribution in [1.29, 1.82) is 0 Å². The zero-order valence-electron chi connectivity index (χ0n) is 16.0. The molecule has 0 amide bonds. The molecular weight excluding hydrogens is 342 g/mol. The van der Waals surface area contributed by atoms with Gasteiger partial charge in [0.25, 0.3) is 0 Å². The first-order valence-electron chi connectivity index (χ1n) is 9.92. The molecule has 2 fully saturated rings. The van der Waals surface area contributed by atoms with Crippen LogP contribution in [0.5, 0.6) is 0 Å². The fourth-order valence-corrected chi connectivity index (χ4v) is 4.25. The summed E-state index contributed by atoms with van der Waals surface area (Å²) >= 11 is 0. The van der Waals surface area contributed by atoms with Gasteiger partial charge in [-0.1, -0.05) is 30.2 Å². The molecule has 0 radical (unpaired) electrons. The summed E-state index contributed by atoms with van der Waals surface area (Å²) in [5.74, 6) is 1.46. The minimum atomic E-state index is 0.211. The molecule has 0 saturated carbocycles. The third-order valence-electron chi connectivity index (χ3n) is 5.95. The zero-order chi connectivity index (χ0) is 18.6. The van der Waals surface area contributed by atoms with Crippen molar-refractivity contribution in [2.24, 2.45) is 11.8 Å². The van der Waals surface area contributed by atoms with Gasteiger partial charge in [-0.3, -0.25) is 0 Å². The maximum Gasteiger partial charge on any atom is 0.250 e. The summed E-state index contributed by atoms with van der Waals surface area (Å²) < 4.78 is 1.79. The molecule has 3 heterocycles. The summed E-state index contributed by atoms with van der Waals surface area (Å²) in [5, 5.41) is 22.3. The van der Waals surface area contributed by atoms with Crippen molar-refractivity contribution in [1.82, 2.24) is 30.0 Å². The Hall–Kier alpha value is -2.03. The Morgan fingerprint density at radius 3 is 2.41 bits per heavy atom. The number of likely N-dealkylation sites (N-methyl/N-ethyl adjacent to an activating group) is 1. The van der Waals surface area contributed by atoms with Gasteiger partial charge in [0.1, 0.15) is 0 Å². The number of benzene rings is 1. The Bertz CT molecular complexity index is 714. The monoisotopic (exact) mass is 371 g/mol. The Balaban J connectivity index is 1.44. The predicted octanol–water partition coefficient (Wildman–Crippen LogP) is 0.345. The van der Waals surface area contributed by atoms with E-state index in [1.165, 1.54) is 0 Å². The molecule has 2 aliphatic rings. The summed E-state index contributed by atoms with van der Waals surface area (Å²) in [4.78, 5) is 7.26. The van der Waals surface area contributed by atoms with Crippen LogP contribution in [-0.4, -0.2) is 94.1 Å². The molecule has 146 valence electrons. The lowest BCUT2D eigenvalue weighted by atomic mass is 9.96. The fourth-order valence-electron chi connectivity index (χ4n) is 4.25. The van der Waals surface area contributed by atoms with Crippen LogP contribution >= 0.6 is 0 Å². The van der Waals surface area contributed by atoms with E-state index in [0.717, 1.165) is 64.0 Å². The average molecular weight is 371 g/mol. The lowest BCUT2D eigenvalue weighted by Crippen LogP contribution is -2.48. The Morgan fingerprint density at radius 1 is 1.00 bits per heavy atom. The molecule has 2 saturated heterocycles. The first-order chi connectivity index (χ1) is 13.3. The third kappa shape index (κ3) is 3.97. The van der Waals surface area contributed by atoms with Gasteiger partial charge < -0.3 is 19.8 Å². The number of hydrogen-bond donors (Lipinski definition) is 1. The van der Waals surface area contributed by atoms with Gasteiger partial charge in [0.05, 0.1) is 5.69 Å². The second-order valence-electron chi connectivity index (χ2n) is 7.57. The number of para-hydroxylation sites is 1. The van der Waals surface area contributed by atoms with Gasteiger partial charge >= 0.3 is 0 Å². The third-order valence-corrected chi connectivity index (χ3v) is 5.95. The van der Waals surface area contributed by atoms with Crippen molar-refractivity contribution in [3.63, 3.8) is 0 Å². The number of tetrazole rings is 1. The van der Waals surface area contributed by atoms with Crippen molar-refractivity contribution in [3.05, 3.63) is 30.3 Å². The SMILES string of the molecule is CCN1CCN(C[C@@H]2CN(c3nnnn3-c3ccccc3)C[C@@H]2CO)CC1. The first-order valence-corrected chi connectivity index (χ1v) is 9.92. The van der Waals surface area contributed by atoms with Gasteiger partial charge in [0.2, 0.25) is 5.95 Å². The van der Waals surface area contributed by atoms with E-state index in [9.17, 15) is 5.11 Å². The van der Waals surface area contributed by atoms with Crippen molar-refractivity contribution in [3.8, 4) is 5.69 Å². The molecule has 2 aliphatic heterocycles. The van der Waals surface area contributed by atoms with Gasteiger partial charge in [-0.15, -0.1) is 0 Å². The first kappa shape index (κ1) is 18.3. The van der Waals surface area contributed by atoms with E-state index in [1.807, 2.05) is 30.3 Å². The molecule has 27 heavy (non-hydrogen) atoms. The number of hydrogen-bond acceptors (Lipinski definition) is 7. The standard InChI is InChI=1S/C19H29N7O/c1-2-23-8-10-24(11-9-23)12-16-13-25(14-17(16)15-27)19-20-21-22-26(19)18-6-4-3-5-7-18/h3-7,16-17,27H,2,8-15H2,1H3/t16-,17-/m1/s1. The number of rotatable bonds is 6. The van der Waals surface area contributed by atoms with Gasteiger partial charge in [-0.25, -0.2) is 0 Å². The summed E-state index contributed by atoms with van der Waals surface area (Å²) in [6.45, 7) is 10.8. The molecule has 8 nitrogen and oxygen atoms in total. The minimum absolute atomic E-state index is 0.211. The lowest BCUT2D eigenvalue weighted by Gasteiger charge is -2.36. The van der Waals surface area contributed by atoms with E-state index >= 15 is 0 Å². The van der Waals surface area contributed by atoms with E-state index in [-0.39, 0.29) is 12.5 Å². The molecule has 2 aromatic rings. The van der Waals surface area contributed by atoms with Crippen LogP contribution in [0.2, 0.25) is 0 Å². The average Bonchev–Trinajstić information content (AvgIpc) is 3.36. The predicted molar refractivity (Wildman–Crippen MR) is 104 cm³/mol. The maximum atomic E-state index is 9.94.